The maximum Gasteiger partial charge on any atom is -0.0253 e. The van der Waals surface area contributed by atoms with Gasteiger partial charge < -0.3 is 24.8 Å². The first-order chi connectivity index (χ1) is 14.8. The number of benzene rings is 2. The molecule has 0 N–H and O–H groups in total. The van der Waals surface area contributed by atoms with Gasteiger partial charge in [0.1, 0.15) is 0 Å². The van der Waals surface area contributed by atoms with Crippen molar-refractivity contribution in [2.45, 2.75) is 72.0 Å². The summed E-state index contributed by atoms with van der Waals surface area (Å²) in [5, 5.41) is 1.60. The average Bonchev–Trinajstić information content (AvgIpc) is 3.28. The van der Waals surface area contributed by atoms with Gasteiger partial charge in [-0.2, -0.15) is 35.9 Å². The van der Waals surface area contributed by atoms with Gasteiger partial charge >= 0.3 is 59.5 Å². The summed E-state index contributed by atoms with van der Waals surface area (Å²) in [6, 6.07) is 18.1. The Balaban J connectivity index is 0.000000251. The molecule has 2 aromatic carbocycles. The second kappa shape index (κ2) is 14.1. The molecule has 1 saturated carbocycles. The Morgan fingerprint density at radius 1 is 0.909 bits per heavy atom. The van der Waals surface area contributed by atoms with E-state index >= 15 is 0 Å². The van der Waals surface area contributed by atoms with Crippen LogP contribution in [0.15, 0.2) is 59.3 Å². The normalized spacial score (nSPS) is 18.0. The van der Waals surface area contributed by atoms with E-state index in [0.29, 0.717) is 5.92 Å². The summed E-state index contributed by atoms with van der Waals surface area (Å²) in [6.45, 7) is 11.6. The Labute approximate surface area is 230 Å². The molecule has 5 rings (SSSR count). The van der Waals surface area contributed by atoms with Crippen LogP contribution in [0.1, 0.15) is 57.1 Å². The number of hydrogen-bond acceptors (Lipinski definition) is 0. The zero-order valence-corrected chi connectivity index (χ0v) is 25.7. The summed E-state index contributed by atoms with van der Waals surface area (Å²) in [7, 11) is -1.07. The molecule has 0 aliphatic heterocycles. The van der Waals surface area contributed by atoms with Crippen LogP contribution in [0, 0.1) is 18.1 Å². The van der Waals surface area contributed by atoms with E-state index in [0.717, 1.165) is 6.42 Å². The van der Waals surface area contributed by atoms with Crippen molar-refractivity contribution in [3.63, 3.8) is 0 Å². The van der Waals surface area contributed by atoms with E-state index in [1.54, 1.807) is 32.6 Å². The molecule has 3 aliphatic rings. The zero-order chi connectivity index (χ0) is 22.4. The van der Waals surface area contributed by atoms with E-state index in [-0.39, 0.29) is 24.8 Å². The summed E-state index contributed by atoms with van der Waals surface area (Å²) in [5.41, 5.74) is 6.91. The van der Waals surface area contributed by atoms with Crippen molar-refractivity contribution in [1.82, 2.24) is 0 Å². The summed E-state index contributed by atoms with van der Waals surface area (Å²) in [6.07, 6.45) is 14.2. The Morgan fingerprint density at radius 3 is 2.06 bits per heavy atom. The van der Waals surface area contributed by atoms with Crippen molar-refractivity contribution in [1.29, 1.82) is 0 Å². The van der Waals surface area contributed by atoms with Gasteiger partial charge in [0, 0.05) is 0 Å². The van der Waals surface area contributed by atoms with Gasteiger partial charge in [0.05, 0.1) is 0 Å². The van der Waals surface area contributed by atoms with Gasteiger partial charge in [-0.3, -0.25) is 6.08 Å². The Morgan fingerprint density at radius 2 is 1.55 bits per heavy atom. The van der Waals surface area contributed by atoms with Crippen LogP contribution < -0.4 is 24.8 Å². The molecule has 0 nitrogen and oxygen atoms in total. The smallest absolute Gasteiger partial charge is 0.0253 e. The number of rotatable bonds is 1. The molecule has 33 heavy (non-hydrogen) atoms. The molecule has 0 aromatic heterocycles. The van der Waals surface area contributed by atoms with Crippen LogP contribution in [0.4, 0.5) is 0 Å². The average molecular weight is 575 g/mol. The first-order valence-corrected chi connectivity index (χ1v) is 16.5. The van der Waals surface area contributed by atoms with Crippen LogP contribution in [0.2, 0.25) is 19.6 Å². The van der Waals surface area contributed by atoms with Gasteiger partial charge in [-0.05, 0) is 14.5 Å². The molecule has 0 heterocycles. The van der Waals surface area contributed by atoms with E-state index in [4.69, 9.17) is 0 Å². The van der Waals surface area contributed by atoms with E-state index in [2.05, 4.69) is 88.1 Å². The maximum atomic E-state index is 3.43. The minimum Gasteiger partial charge on any atom is -0.179 e. The monoisotopic (exact) mass is 572 g/mol. The second-order valence-electron chi connectivity index (χ2n) is 9.95. The van der Waals surface area contributed by atoms with Crippen LogP contribution in [0.25, 0.3) is 11.1 Å². The third kappa shape index (κ3) is 8.88. The molecule has 3 aliphatic carbocycles. The third-order valence-corrected chi connectivity index (χ3v) is 9.53. The maximum absolute atomic E-state index is 3.43. The number of halogens is 2. The number of hydrogen-bond donors (Lipinski definition) is 0. The summed E-state index contributed by atoms with van der Waals surface area (Å²) in [5.74, 6) is 0.553. The van der Waals surface area contributed by atoms with Crippen molar-refractivity contribution in [3.8, 4) is 11.1 Å². The Hall–Kier alpha value is -0.530. The Kier molecular flexibility index (Phi) is 13.1. The van der Waals surface area contributed by atoms with Crippen molar-refractivity contribution in [2.24, 2.45) is 5.92 Å². The fraction of sp³-hybridized carbons (Fsp3) is 0.414. The van der Waals surface area contributed by atoms with Gasteiger partial charge in [-0.1, -0.05) is 74.8 Å². The van der Waals surface area contributed by atoms with Crippen LogP contribution in [0.3, 0.4) is 0 Å². The van der Waals surface area contributed by atoms with Crippen molar-refractivity contribution in [2.75, 3.05) is 0 Å². The quantitative estimate of drug-likeness (QED) is 0.308. The van der Waals surface area contributed by atoms with Gasteiger partial charge in [0.25, 0.3) is 0 Å². The number of allylic oxidation sites excluding steroid dienone is 4. The molecule has 2 aromatic rings. The second-order valence-corrected chi connectivity index (χ2v) is 16.7. The van der Waals surface area contributed by atoms with E-state index in [1.165, 1.54) is 59.9 Å². The summed E-state index contributed by atoms with van der Waals surface area (Å²) < 4.78 is 1.80. The summed E-state index contributed by atoms with van der Waals surface area (Å²) >= 11 is 1.69. The van der Waals surface area contributed by atoms with Crippen LogP contribution >= 0.6 is 0 Å². The molecule has 0 bridgehead atoms. The minimum absolute atomic E-state index is 0. The van der Waals surface area contributed by atoms with Crippen molar-refractivity contribution < 1.29 is 49.0 Å². The molecule has 0 amide bonds. The molecule has 0 radical (unpaired) electrons. The molecular formula is C29H36Cl2SiZr-2. The predicted molar refractivity (Wildman–Crippen MR) is 135 cm³/mol. The predicted octanol–water partition coefficient (Wildman–Crippen LogP) is 1.93. The van der Waals surface area contributed by atoms with E-state index in [1.807, 2.05) is 6.07 Å². The van der Waals surface area contributed by atoms with Gasteiger partial charge in [-0.15, -0.1) is 5.56 Å². The SMILES string of the molecule is CC1=[C-]C(C)C=C1[Si](C)(C)C.[Cl-].[Cl-].[Zr+2]=[C]1CCCCC1.[c-]1cccc2c1Cc1ccccc1-2. The third-order valence-electron chi connectivity index (χ3n) is 6.15. The largest absolute Gasteiger partial charge is 0.179 e. The van der Waals surface area contributed by atoms with Crippen LogP contribution in [0.5, 0.6) is 0 Å². The van der Waals surface area contributed by atoms with Gasteiger partial charge in [0.15, 0.2) is 0 Å². The Bertz CT molecular complexity index is 934. The van der Waals surface area contributed by atoms with Gasteiger partial charge in [0.2, 0.25) is 0 Å². The molecule has 1 unspecified atom stereocenters. The van der Waals surface area contributed by atoms with Gasteiger partial charge in [-0.25, -0.2) is 10.8 Å². The van der Waals surface area contributed by atoms with Crippen molar-refractivity contribution >= 4 is 11.3 Å². The molecule has 1 atom stereocenters. The molecule has 0 saturated heterocycles. The first-order valence-electron chi connectivity index (χ1n) is 11.7. The first kappa shape index (κ1) is 30.5. The molecule has 0 spiro atoms. The number of fused-ring (bicyclic) bond motifs is 3. The molecule has 176 valence electrons. The fourth-order valence-corrected chi connectivity index (χ4v) is 7.44. The fourth-order valence-electron chi connectivity index (χ4n) is 4.62. The minimum atomic E-state index is -1.07. The van der Waals surface area contributed by atoms with E-state index in [9.17, 15) is 0 Å². The standard InChI is InChI=1S/C13H9.C10H17Si.C6H10.2ClH.Zr/c1-3-7-12-10(5-1)9-11-6-2-4-8-13(11)12;1-8-6-9(2)10(7-8)11(3,4)5;1-2-4-6-5-3-1;;;/h1-5,7-8H,9H2;7-8H,1-5H3;1-5H2;2*1H;/q2*-1;;;;+2/p-2. The van der Waals surface area contributed by atoms with Crippen LogP contribution in [-0.2, 0) is 30.7 Å². The van der Waals surface area contributed by atoms with E-state index < -0.39 is 8.07 Å². The van der Waals surface area contributed by atoms with Crippen molar-refractivity contribution in [3.05, 3.63) is 82.6 Å². The molecule has 1 fully saturated rings. The molecular weight excluding hydrogens is 539 g/mol. The topological polar surface area (TPSA) is 0 Å². The van der Waals surface area contributed by atoms with Crippen LogP contribution in [-0.4, -0.2) is 11.3 Å². The molecule has 4 heteroatoms. The zero-order valence-electron chi connectivity index (χ0n) is 20.7. The summed E-state index contributed by atoms with van der Waals surface area (Å²) in [4.78, 5) is 0.